The maximum absolute atomic E-state index is 12.4. The van der Waals surface area contributed by atoms with Crippen molar-refractivity contribution in [2.75, 3.05) is 23.3 Å². The highest BCUT2D eigenvalue weighted by molar-refractivity contribution is 6.06. The largest absolute Gasteiger partial charge is 0.370 e. The third kappa shape index (κ3) is 3.40. The number of nitrogens with two attached hydrogens (primary N) is 1. The second-order valence-corrected chi connectivity index (χ2v) is 5.98. The van der Waals surface area contributed by atoms with Gasteiger partial charge < -0.3 is 20.9 Å². The quantitative estimate of drug-likeness (QED) is 0.799. The summed E-state index contributed by atoms with van der Waals surface area (Å²) < 4.78 is 0. The lowest BCUT2D eigenvalue weighted by Gasteiger charge is -2.30. The van der Waals surface area contributed by atoms with E-state index >= 15 is 0 Å². The van der Waals surface area contributed by atoms with Crippen molar-refractivity contribution in [3.05, 3.63) is 41.5 Å². The number of rotatable bonds is 4. The predicted octanol–water partition coefficient (Wildman–Crippen LogP) is 2.06. The SMILES string of the molecule is Cc1ncc(C(=O)Nc2cc(C(N)=O)ccc2N2CCCCC2)[nH]1. The number of hydrogen-bond donors (Lipinski definition) is 3. The van der Waals surface area contributed by atoms with Crippen LogP contribution in [-0.2, 0) is 0 Å². The summed E-state index contributed by atoms with van der Waals surface area (Å²) in [4.78, 5) is 33.1. The molecule has 0 aliphatic carbocycles. The first kappa shape index (κ1) is 16.0. The number of aromatic nitrogens is 2. The van der Waals surface area contributed by atoms with Gasteiger partial charge in [-0.2, -0.15) is 0 Å². The standard InChI is InChI=1S/C17H21N5O2/c1-11-19-10-14(20-11)17(24)21-13-9-12(16(18)23)5-6-15(13)22-7-3-2-4-8-22/h5-6,9-10H,2-4,7-8H2,1H3,(H2,18,23)(H,19,20)(H,21,24). The molecule has 0 spiro atoms. The molecule has 1 aromatic carbocycles. The van der Waals surface area contributed by atoms with Crippen LogP contribution in [0.15, 0.2) is 24.4 Å². The molecule has 0 radical (unpaired) electrons. The van der Waals surface area contributed by atoms with Crippen LogP contribution in [0.25, 0.3) is 0 Å². The second kappa shape index (κ2) is 6.74. The summed E-state index contributed by atoms with van der Waals surface area (Å²) in [6, 6.07) is 5.18. The van der Waals surface area contributed by atoms with Crippen molar-refractivity contribution in [3.63, 3.8) is 0 Å². The fourth-order valence-corrected chi connectivity index (χ4v) is 2.93. The smallest absolute Gasteiger partial charge is 0.273 e. The van der Waals surface area contributed by atoms with Crippen LogP contribution >= 0.6 is 0 Å². The van der Waals surface area contributed by atoms with Gasteiger partial charge in [0.25, 0.3) is 5.91 Å². The van der Waals surface area contributed by atoms with E-state index in [0.717, 1.165) is 31.6 Å². The van der Waals surface area contributed by atoms with E-state index in [4.69, 9.17) is 5.73 Å². The number of nitrogens with zero attached hydrogens (tertiary/aromatic N) is 2. The van der Waals surface area contributed by atoms with Gasteiger partial charge in [0.05, 0.1) is 17.6 Å². The Balaban J connectivity index is 1.91. The first-order valence-corrected chi connectivity index (χ1v) is 8.06. The minimum absolute atomic E-state index is 0.296. The number of piperidine rings is 1. The van der Waals surface area contributed by atoms with Crippen molar-refractivity contribution in [2.24, 2.45) is 5.73 Å². The third-order valence-electron chi connectivity index (χ3n) is 4.17. The Labute approximate surface area is 140 Å². The van der Waals surface area contributed by atoms with Gasteiger partial charge in [-0.05, 0) is 44.4 Å². The number of imidazole rings is 1. The molecule has 1 fully saturated rings. The number of H-pyrrole nitrogens is 1. The Morgan fingerprint density at radius 1 is 1.25 bits per heavy atom. The summed E-state index contributed by atoms with van der Waals surface area (Å²) >= 11 is 0. The number of primary amides is 1. The van der Waals surface area contributed by atoms with E-state index in [0.29, 0.717) is 22.8 Å². The van der Waals surface area contributed by atoms with Gasteiger partial charge in [-0.15, -0.1) is 0 Å². The van der Waals surface area contributed by atoms with Crippen LogP contribution in [0.5, 0.6) is 0 Å². The first-order valence-electron chi connectivity index (χ1n) is 8.06. The van der Waals surface area contributed by atoms with Crippen molar-refractivity contribution in [3.8, 4) is 0 Å². The molecule has 7 heteroatoms. The highest BCUT2D eigenvalue weighted by atomic mass is 16.2. The van der Waals surface area contributed by atoms with Gasteiger partial charge in [0.1, 0.15) is 11.5 Å². The van der Waals surface area contributed by atoms with Crippen LogP contribution in [0.4, 0.5) is 11.4 Å². The van der Waals surface area contributed by atoms with E-state index in [2.05, 4.69) is 20.2 Å². The lowest BCUT2D eigenvalue weighted by atomic mass is 10.1. The Bertz CT molecular complexity index is 762. The van der Waals surface area contributed by atoms with Gasteiger partial charge in [-0.1, -0.05) is 0 Å². The van der Waals surface area contributed by atoms with Gasteiger partial charge in [0.2, 0.25) is 5.91 Å². The number of carbonyl (C=O) groups excluding carboxylic acids is 2. The van der Waals surface area contributed by atoms with Crippen molar-refractivity contribution >= 4 is 23.2 Å². The molecule has 0 atom stereocenters. The molecule has 1 aliphatic heterocycles. The summed E-state index contributed by atoms with van der Waals surface area (Å²) in [5.41, 5.74) is 7.61. The number of hydrogen-bond acceptors (Lipinski definition) is 4. The van der Waals surface area contributed by atoms with Crippen LogP contribution in [0.1, 0.15) is 45.9 Å². The maximum Gasteiger partial charge on any atom is 0.273 e. The molecule has 4 N–H and O–H groups in total. The van der Waals surface area contributed by atoms with Crippen molar-refractivity contribution in [1.29, 1.82) is 0 Å². The van der Waals surface area contributed by atoms with E-state index in [-0.39, 0.29) is 5.91 Å². The van der Waals surface area contributed by atoms with Crippen LogP contribution in [0.2, 0.25) is 0 Å². The number of nitrogens with one attached hydrogen (secondary N) is 2. The fourth-order valence-electron chi connectivity index (χ4n) is 2.93. The molecule has 1 aliphatic rings. The monoisotopic (exact) mass is 327 g/mol. The Kier molecular flexibility index (Phi) is 4.50. The Morgan fingerprint density at radius 2 is 2.00 bits per heavy atom. The molecule has 2 heterocycles. The van der Waals surface area contributed by atoms with Crippen LogP contribution < -0.4 is 16.0 Å². The van der Waals surface area contributed by atoms with Gasteiger partial charge in [0.15, 0.2) is 0 Å². The van der Waals surface area contributed by atoms with E-state index in [1.807, 2.05) is 6.07 Å². The molecule has 0 unspecified atom stereocenters. The zero-order chi connectivity index (χ0) is 17.1. The minimum atomic E-state index is -0.520. The molecule has 7 nitrogen and oxygen atoms in total. The van der Waals surface area contributed by atoms with Crippen molar-refractivity contribution in [1.82, 2.24) is 9.97 Å². The molecule has 126 valence electrons. The molecule has 3 rings (SSSR count). The van der Waals surface area contributed by atoms with Crippen molar-refractivity contribution < 1.29 is 9.59 Å². The van der Waals surface area contributed by atoms with Crippen LogP contribution in [-0.4, -0.2) is 34.9 Å². The van der Waals surface area contributed by atoms with Gasteiger partial charge in [-0.3, -0.25) is 9.59 Å². The highest BCUT2D eigenvalue weighted by Gasteiger charge is 2.18. The zero-order valence-corrected chi connectivity index (χ0v) is 13.6. The molecule has 0 saturated carbocycles. The average Bonchev–Trinajstić information content (AvgIpc) is 3.02. The number of carbonyl (C=O) groups is 2. The third-order valence-corrected chi connectivity index (χ3v) is 4.17. The predicted molar refractivity (Wildman–Crippen MR) is 92.3 cm³/mol. The van der Waals surface area contributed by atoms with E-state index in [1.165, 1.54) is 12.6 Å². The molecule has 0 bridgehead atoms. The maximum atomic E-state index is 12.4. The lowest BCUT2D eigenvalue weighted by molar-refractivity contribution is 0.0995. The molecule has 1 aromatic heterocycles. The van der Waals surface area contributed by atoms with E-state index < -0.39 is 5.91 Å². The number of aromatic amines is 1. The number of aryl methyl sites for hydroxylation is 1. The second-order valence-electron chi connectivity index (χ2n) is 5.98. The Hall–Kier alpha value is -2.83. The minimum Gasteiger partial charge on any atom is -0.370 e. The number of amides is 2. The fraction of sp³-hybridized carbons (Fsp3) is 0.353. The molecule has 24 heavy (non-hydrogen) atoms. The van der Waals surface area contributed by atoms with Crippen LogP contribution in [0, 0.1) is 6.92 Å². The number of anilines is 2. The molecule has 1 saturated heterocycles. The topological polar surface area (TPSA) is 104 Å². The number of benzene rings is 1. The summed E-state index contributed by atoms with van der Waals surface area (Å²) in [6.45, 7) is 3.65. The van der Waals surface area contributed by atoms with Gasteiger partial charge in [-0.25, -0.2) is 4.98 Å². The highest BCUT2D eigenvalue weighted by Crippen LogP contribution is 2.30. The Morgan fingerprint density at radius 3 is 2.62 bits per heavy atom. The summed E-state index contributed by atoms with van der Waals surface area (Å²) in [6.07, 6.45) is 4.93. The summed E-state index contributed by atoms with van der Waals surface area (Å²) in [5, 5.41) is 2.87. The molecular formula is C17H21N5O2. The normalized spacial score (nSPS) is 14.5. The van der Waals surface area contributed by atoms with Gasteiger partial charge in [0, 0.05) is 18.7 Å². The first-order chi connectivity index (χ1) is 11.5. The van der Waals surface area contributed by atoms with Crippen molar-refractivity contribution in [2.45, 2.75) is 26.2 Å². The van der Waals surface area contributed by atoms with E-state index in [1.54, 1.807) is 19.1 Å². The molecule has 2 amide bonds. The summed E-state index contributed by atoms with van der Waals surface area (Å²) in [7, 11) is 0. The van der Waals surface area contributed by atoms with E-state index in [9.17, 15) is 9.59 Å². The lowest BCUT2D eigenvalue weighted by Crippen LogP contribution is -2.30. The van der Waals surface area contributed by atoms with Gasteiger partial charge >= 0.3 is 0 Å². The zero-order valence-electron chi connectivity index (χ0n) is 13.6. The van der Waals surface area contributed by atoms with Crippen LogP contribution in [0.3, 0.4) is 0 Å². The molecular weight excluding hydrogens is 306 g/mol. The summed E-state index contributed by atoms with van der Waals surface area (Å²) in [5.74, 6) is -0.147. The molecule has 2 aromatic rings. The average molecular weight is 327 g/mol.